The second kappa shape index (κ2) is 39.8. The number of rotatable bonds is 42. The Bertz CT molecular complexity index is 1050. The van der Waals surface area contributed by atoms with E-state index in [1.807, 2.05) is 0 Å². The Morgan fingerprint density at radius 1 is 0.500 bits per heavy atom. The minimum Gasteiger partial charge on any atom is -0.479 e. The number of hydrogen-bond donors (Lipinski definition) is 4. The van der Waals surface area contributed by atoms with Crippen LogP contribution < -0.4 is 0 Å². The van der Waals surface area contributed by atoms with Crippen molar-refractivity contribution in [3.8, 4) is 0 Å². The van der Waals surface area contributed by atoms with Gasteiger partial charge in [0.25, 0.3) is 0 Å². The van der Waals surface area contributed by atoms with Crippen LogP contribution in [0, 0.1) is 0 Å². The van der Waals surface area contributed by atoms with Crippen LogP contribution in [0.25, 0.3) is 0 Å². The summed E-state index contributed by atoms with van der Waals surface area (Å²) in [6.45, 7) is 3.84. The molecule has 0 bridgehead atoms. The van der Waals surface area contributed by atoms with Crippen molar-refractivity contribution in [1.29, 1.82) is 0 Å². The maximum atomic E-state index is 12.8. The van der Waals surface area contributed by atoms with Gasteiger partial charge in [0.2, 0.25) is 0 Å². The van der Waals surface area contributed by atoms with E-state index in [0.29, 0.717) is 12.8 Å². The number of aliphatic hydroxyl groups is 3. The average molecular weight is 855 g/mol. The molecular formula is C49H90O11. The molecule has 11 heteroatoms. The lowest BCUT2D eigenvalue weighted by Crippen LogP contribution is -2.60. The molecule has 0 aliphatic carbocycles. The molecule has 0 amide bonds. The van der Waals surface area contributed by atoms with E-state index in [1.165, 1.54) is 148 Å². The summed E-state index contributed by atoms with van der Waals surface area (Å²) in [6.07, 6.45) is 34.0. The maximum Gasteiger partial charge on any atom is 0.335 e. The summed E-state index contributed by atoms with van der Waals surface area (Å²) < 4.78 is 21.8. The van der Waals surface area contributed by atoms with Crippen LogP contribution >= 0.6 is 0 Å². The Labute approximate surface area is 365 Å². The Morgan fingerprint density at radius 3 is 1.30 bits per heavy atom. The summed E-state index contributed by atoms with van der Waals surface area (Å²) in [6, 6.07) is 0. The molecule has 6 atom stereocenters. The number of aliphatic hydroxyl groups excluding tert-OH is 3. The van der Waals surface area contributed by atoms with Gasteiger partial charge in [0.15, 0.2) is 18.5 Å². The van der Waals surface area contributed by atoms with E-state index in [-0.39, 0.29) is 26.1 Å². The van der Waals surface area contributed by atoms with Crippen molar-refractivity contribution in [1.82, 2.24) is 0 Å². The minimum atomic E-state index is -1.86. The maximum absolute atomic E-state index is 12.8. The largest absolute Gasteiger partial charge is 0.479 e. The molecule has 1 heterocycles. The summed E-state index contributed by atoms with van der Waals surface area (Å²) >= 11 is 0. The van der Waals surface area contributed by atoms with Gasteiger partial charge in [0.05, 0.1) is 6.61 Å². The molecule has 1 fully saturated rings. The van der Waals surface area contributed by atoms with Crippen LogP contribution in [0.15, 0.2) is 12.2 Å². The van der Waals surface area contributed by atoms with Gasteiger partial charge in [-0.2, -0.15) is 0 Å². The van der Waals surface area contributed by atoms with E-state index >= 15 is 0 Å². The summed E-state index contributed by atoms with van der Waals surface area (Å²) in [7, 11) is 0. The number of ether oxygens (including phenoxy) is 4. The van der Waals surface area contributed by atoms with Gasteiger partial charge in [-0.25, -0.2) is 4.79 Å². The van der Waals surface area contributed by atoms with Crippen molar-refractivity contribution in [3.05, 3.63) is 12.2 Å². The Balaban J connectivity index is 2.31. The summed E-state index contributed by atoms with van der Waals surface area (Å²) in [5, 5.41) is 39.9. The fourth-order valence-corrected chi connectivity index (χ4v) is 7.70. The molecular weight excluding hydrogens is 765 g/mol. The van der Waals surface area contributed by atoms with E-state index in [2.05, 4.69) is 26.0 Å². The highest BCUT2D eigenvalue weighted by atomic mass is 16.7. The van der Waals surface area contributed by atoms with Crippen molar-refractivity contribution in [2.45, 2.75) is 269 Å². The number of unbranched alkanes of at least 4 members (excludes halogenated alkanes) is 29. The van der Waals surface area contributed by atoms with Gasteiger partial charge in [-0.15, -0.1) is 0 Å². The van der Waals surface area contributed by atoms with Gasteiger partial charge in [-0.05, 0) is 38.5 Å². The van der Waals surface area contributed by atoms with Crippen molar-refractivity contribution in [2.75, 3.05) is 13.2 Å². The fraction of sp³-hybridized carbons (Fsp3) is 0.898. The van der Waals surface area contributed by atoms with Gasteiger partial charge >= 0.3 is 17.9 Å². The molecule has 0 aromatic rings. The van der Waals surface area contributed by atoms with E-state index in [9.17, 15) is 34.8 Å². The molecule has 1 rings (SSSR count). The highest BCUT2D eigenvalue weighted by molar-refractivity contribution is 5.73. The fourth-order valence-electron chi connectivity index (χ4n) is 7.70. The number of carbonyl (C=O) groups excluding carboxylic acids is 2. The molecule has 1 saturated heterocycles. The molecule has 0 radical (unpaired) electrons. The first-order valence-corrected chi connectivity index (χ1v) is 24.7. The third kappa shape index (κ3) is 30.9. The monoisotopic (exact) mass is 855 g/mol. The topological polar surface area (TPSA) is 169 Å². The predicted octanol–water partition coefficient (Wildman–Crippen LogP) is 11.2. The average Bonchev–Trinajstić information content (AvgIpc) is 3.23. The molecule has 0 spiro atoms. The number of aliphatic carboxylic acids is 1. The molecule has 0 aromatic carbocycles. The second-order valence-corrected chi connectivity index (χ2v) is 17.3. The molecule has 1 aliphatic rings. The number of carboxylic acids is 1. The van der Waals surface area contributed by atoms with Crippen LogP contribution in [0.4, 0.5) is 0 Å². The SMILES string of the molecule is CCCCCCCC/C=C\CCCCCCCCCC(=O)OCC(COC1OC(C(=O)O)C(O)C(O)C1O)OC(=O)CCCCCCCCCCCCCCCCCCC. The summed E-state index contributed by atoms with van der Waals surface area (Å²) in [4.78, 5) is 36.9. The van der Waals surface area contributed by atoms with Crippen LogP contribution in [0.2, 0.25) is 0 Å². The summed E-state index contributed by atoms with van der Waals surface area (Å²) in [5.74, 6) is -2.43. The number of carboxylic acid groups (broad SMARTS) is 1. The number of allylic oxidation sites excluding steroid dienone is 2. The van der Waals surface area contributed by atoms with Crippen LogP contribution in [-0.4, -0.2) is 88.4 Å². The van der Waals surface area contributed by atoms with Gasteiger partial charge in [0.1, 0.15) is 24.9 Å². The van der Waals surface area contributed by atoms with E-state index in [4.69, 9.17) is 18.9 Å². The van der Waals surface area contributed by atoms with Crippen molar-refractivity contribution in [3.63, 3.8) is 0 Å². The Hall–Kier alpha value is -2.05. The Kier molecular flexibility index (Phi) is 37.1. The lowest BCUT2D eigenvalue weighted by molar-refractivity contribution is -0.298. The number of carbonyl (C=O) groups is 3. The lowest BCUT2D eigenvalue weighted by Gasteiger charge is -2.38. The molecule has 4 N–H and O–H groups in total. The lowest BCUT2D eigenvalue weighted by atomic mass is 9.99. The second-order valence-electron chi connectivity index (χ2n) is 17.3. The molecule has 352 valence electrons. The van der Waals surface area contributed by atoms with Gasteiger partial charge < -0.3 is 39.4 Å². The zero-order chi connectivity index (χ0) is 43.9. The first kappa shape index (κ1) is 56.0. The van der Waals surface area contributed by atoms with Crippen LogP contribution in [0.1, 0.15) is 232 Å². The van der Waals surface area contributed by atoms with E-state index < -0.39 is 54.7 Å². The Morgan fingerprint density at radius 2 is 0.883 bits per heavy atom. The van der Waals surface area contributed by atoms with Crippen LogP contribution in [-0.2, 0) is 33.3 Å². The third-order valence-electron chi connectivity index (χ3n) is 11.6. The van der Waals surface area contributed by atoms with Crippen LogP contribution in [0.3, 0.4) is 0 Å². The smallest absolute Gasteiger partial charge is 0.335 e. The molecule has 0 aromatic heterocycles. The number of hydrogen-bond acceptors (Lipinski definition) is 10. The highest BCUT2D eigenvalue weighted by Crippen LogP contribution is 2.23. The minimum absolute atomic E-state index is 0.188. The van der Waals surface area contributed by atoms with Crippen molar-refractivity contribution >= 4 is 17.9 Å². The molecule has 6 unspecified atom stereocenters. The normalized spacial score (nSPS) is 19.8. The zero-order valence-electron chi connectivity index (χ0n) is 38.2. The number of esters is 2. The molecule has 60 heavy (non-hydrogen) atoms. The standard InChI is InChI=1S/C49H90O11/c1-3-5-7-9-11-13-15-17-19-21-23-25-27-29-31-33-35-37-42(50)57-39-41(40-58-49-46(54)44(52)45(53)47(60-49)48(55)56)59-43(51)38-36-34-32-30-28-26-24-22-20-18-16-14-12-10-8-6-4-2/h17,19,41,44-47,49,52-54H,3-16,18,20-40H2,1-2H3,(H,55,56)/b19-17-. The quantitative estimate of drug-likeness (QED) is 0.0262. The van der Waals surface area contributed by atoms with Crippen molar-refractivity contribution in [2.24, 2.45) is 0 Å². The first-order valence-electron chi connectivity index (χ1n) is 24.7. The van der Waals surface area contributed by atoms with Gasteiger partial charge in [-0.3, -0.25) is 9.59 Å². The zero-order valence-corrected chi connectivity index (χ0v) is 38.2. The third-order valence-corrected chi connectivity index (χ3v) is 11.6. The van der Waals surface area contributed by atoms with E-state index in [0.717, 1.165) is 44.9 Å². The highest BCUT2D eigenvalue weighted by Gasteiger charge is 2.47. The van der Waals surface area contributed by atoms with Crippen LogP contribution in [0.5, 0.6) is 0 Å². The predicted molar refractivity (Wildman–Crippen MR) is 239 cm³/mol. The van der Waals surface area contributed by atoms with Gasteiger partial charge in [-0.1, -0.05) is 193 Å². The summed E-state index contributed by atoms with van der Waals surface area (Å²) in [5.41, 5.74) is 0. The van der Waals surface area contributed by atoms with Crippen molar-refractivity contribution < 1.29 is 53.8 Å². The molecule has 1 aliphatic heterocycles. The van der Waals surface area contributed by atoms with E-state index in [1.54, 1.807) is 0 Å². The van der Waals surface area contributed by atoms with Gasteiger partial charge in [0, 0.05) is 12.8 Å². The first-order chi connectivity index (χ1) is 29.2. The molecule has 11 nitrogen and oxygen atoms in total. The molecule has 0 saturated carbocycles.